The first-order chi connectivity index (χ1) is 7.63. The van der Waals surface area contributed by atoms with Gasteiger partial charge in [0, 0.05) is 13.0 Å². The highest BCUT2D eigenvalue weighted by molar-refractivity contribution is 9.10. The van der Waals surface area contributed by atoms with E-state index in [4.69, 9.17) is 9.52 Å². The molecule has 1 atom stereocenters. The molecule has 88 valence electrons. The minimum atomic E-state index is -0.701. The van der Waals surface area contributed by atoms with Gasteiger partial charge < -0.3 is 9.52 Å². The van der Waals surface area contributed by atoms with E-state index in [0.717, 1.165) is 36.5 Å². The molecule has 0 bridgehead atoms. The van der Waals surface area contributed by atoms with E-state index in [-0.39, 0.29) is 12.3 Å². The number of carbonyl (C=O) groups is 1. The van der Waals surface area contributed by atoms with Gasteiger partial charge in [-0.15, -0.1) is 0 Å². The summed E-state index contributed by atoms with van der Waals surface area (Å²) in [5, 5.41) is 8.71. The third kappa shape index (κ3) is 3.09. The summed E-state index contributed by atoms with van der Waals surface area (Å²) in [6.45, 7) is 2.57. The summed E-state index contributed by atoms with van der Waals surface area (Å²) in [4.78, 5) is 12.8. The van der Waals surface area contributed by atoms with Gasteiger partial charge in [-0.25, -0.2) is 0 Å². The number of furan rings is 1. The second-order valence-corrected chi connectivity index (χ2v) is 4.98. The van der Waals surface area contributed by atoms with Crippen molar-refractivity contribution in [3.63, 3.8) is 0 Å². The van der Waals surface area contributed by atoms with Crippen LogP contribution in [0.2, 0.25) is 0 Å². The van der Waals surface area contributed by atoms with E-state index in [1.807, 2.05) is 12.1 Å². The number of aliphatic carboxylic acids is 1. The fraction of sp³-hybridized carbons (Fsp3) is 0.545. The van der Waals surface area contributed by atoms with Crippen LogP contribution in [0.5, 0.6) is 0 Å². The monoisotopic (exact) mass is 287 g/mol. The van der Waals surface area contributed by atoms with Crippen LogP contribution in [0.3, 0.4) is 0 Å². The van der Waals surface area contributed by atoms with E-state index < -0.39 is 5.97 Å². The van der Waals surface area contributed by atoms with Gasteiger partial charge in [0.1, 0.15) is 5.76 Å². The van der Waals surface area contributed by atoms with E-state index in [0.29, 0.717) is 0 Å². The van der Waals surface area contributed by atoms with Crippen molar-refractivity contribution < 1.29 is 14.3 Å². The number of nitrogens with zero attached hydrogens (tertiary/aromatic N) is 1. The highest BCUT2D eigenvalue weighted by Crippen LogP contribution is 2.23. The maximum absolute atomic E-state index is 10.6. The van der Waals surface area contributed by atoms with Crippen LogP contribution in [0.15, 0.2) is 21.2 Å². The zero-order valence-electron chi connectivity index (χ0n) is 8.86. The van der Waals surface area contributed by atoms with Crippen LogP contribution in [0.4, 0.5) is 0 Å². The third-order valence-electron chi connectivity index (χ3n) is 2.84. The van der Waals surface area contributed by atoms with Gasteiger partial charge in [-0.05, 0) is 46.9 Å². The molecule has 4 nitrogen and oxygen atoms in total. The van der Waals surface area contributed by atoms with Crippen LogP contribution >= 0.6 is 15.9 Å². The Kier molecular flexibility index (Phi) is 3.66. The lowest BCUT2D eigenvalue weighted by Gasteiger charge is -2.13. The third-order valence-corrected chi connectivity index (χ3v) is 3.27. The normalized spacial score (nSPS) is 21.4. The molecule has 0 amide bonds. The molecule has 1 aliphatic rings. The summed E-state index contributed by atoms with van der Waals surface area (Å²) in [5.41, 5.74) is 0. The fourth-order valence-corrected chi connectivity index (χ4v) is 2.47. The summed E-state index contributed by atoms with van der Waals surface area (Å²) in [6.07, 6.45) is 1.24. The Morgan fingerprint density at radius 2 is 2.44 bits per heavy atom. The molecule has 0 spiro atoms. The lowest BCUT2D eigenvalue weighted by Crippen LogP contribution is -2.20. The molecule has 5 heteroatoms. The lowest BCUT2D eigenvalue weighted by molar-refractivity contribution is -0.138. The second kappa shape index (κ2) is 5.01. The van der Waals surface area contributed by atoms with Crippen LogP contribution in [-0.2, 0) is 11.3 Å². The standard InChI is InChI=1S/C11H14BrNO3/c12-10-2-1-9(16-10)7-13-4-3-8(6-13)5-11(14)15/h1-2,8H,3-7H2,(H,14,15). The molecule has 0 aromatic carbocycles. The maximum Gasteiger partial charge on any atom is 0.303 e. The minimum absolute atomic E-state index is 0.276. The first kappa shape index (κ1) is 11.7. The highest BCUT2D eigenvalue weighted by atomic mass is 79.9. The van der Waals surface area contributed by atoms with Crippen LogP contribution in [0, 0.1) is 5.92 Å². The molecular formula is C11H14BrNO3. The van der Waals surface area contributed by atoms with Gasteiger partial charge in [0.2, 0.25) is 0 Å². The Hall–Kier alpha value is -0.810. The van der Waals surface area contributed by atoms with E-state index in [1.54, 1.807) is 0 Å². The van der Waals surface area contributed by atoms with Crippen molar-refractivity contribution in [1.82, 2.24) is 4.90 Å². The average Bonchev–Trinajstić information content (AvgIpc) is 2.76. The number of likely N-dealkylation sites (tertiary alicyclic amines) is 1. The van der Waals surface area contributed by atoms with E-state index in [2.05, 4.69) is 20.8 Å². The van der Waals surface area contributed by atoms with Crippen molar-refractivity contribution >= 4 is 21.9 Å². The number of carboxylic acid groups (broad SMARTS) is 1. The quantitative estimate of drug-likeness (QED) is 0.924. The number of rotatable bonds is 4. The molecule has 1 fully saturated rings. The van der Waals surface area contributed by atoms with Gasteiger partial charge in [-0.3, -0.25) is 9.69 Å². The summed E-state index contributed by atoms with van der Waals surface area (Å²) in [6, 6.07) is 3.81. The highest BCUT2D eigenvalue weighted by Gasteiger charge is 2.24. The summed E-state index contributed by atoms with van der Waals surface area (Å²) in [7, 11) is 0. The molecule has 2 rings (SSSR count). The molecular weight excluding hydrogens is 274 g/mol. The Bertz CT molecular complexity index is 377. The predicted octanol–water partition coefficient (Wildman–Crippen LogP) is 2.34. The van der Waals surface area contributed by atoms with E-state index >= 15 is 0 Å². The molecule has 0 radical (unpaired) electrons. The first-order valence-electron chi connectivity index (χ1n) is 5.32. The van der Waals surface area contributed by atoms with Gasteiger partial charge in [-0.2, -0.15) is 0 Å². The van der Waals surface area contributed by atoms with Crippen molar-refractivity contribution in [2.24, 2.45) is 5.92 Å². The van der Waals surface area contributed by atoms with Crippen LogP contribution in [0.1, 0.15) is 18.6 Å². The molecule has 1 aromatic rings. The van der Waals surface area contributed by atoms with Gasteiger partial charge in [0.05, 0.1) is 6.54 Å². The number of carboxylic acids is 1. The number of hydrogen-bond acceptors (Lipinski definition) is 3. The Morgan fingerprint density at radius 1 is 1.62 bits per heavy atom. The summed E-state index contributed by atoms with van der Waals surface area (Å²) < 4.78 is 6.16. The molecule has 1 N–H and O–H groups in total. The molecule has 1 unspecified atom stereocenters. The molecule has 1 aliphatic heterocycles. The van der Waals surface area contributed by atoms with Crippen molar-refractivity contribution in [3.8, 4) is 0 Å². The predicted molar refractivity (Wildman–Crippen MR) is 62.0 cm³/mol. The Balaban J connectivity index is 1.82. The van der Waals surface area contributed by atoms with Gasteiger partial charge >= 0.3 is 5.97 Å². The number of halogens is 1. The molecule has 0 saturated carbocycles. The zero-order chi connectivity index (χ0) is 11.5. The van der Waals surface area contributed by atoms with E-state index in [1.165, 1.54) is 0 Å². The maximum atomic E-state index is 10.6. The van der Waals surface area contributed by atoms with Crippen LogP contribution < -0.4 is 0 Å². The summed E-state index contributed by atoms with van der Waals surface area (Å²) >= 11 is 3.26. The van der Waals surface area contributed by atoms with Crippen LogP contribution in [-0.4, -0.2) is 29.1 Å². The fourth-order valence-electron chi connectivity index (χ4n) is 2.13. The molecule has 0 aliphatic carbocycles. The largest absolute Gasteiger partial charge is 0.481 e. The van der Waals surface area contributed by atoms with E-state index in [9.17, 15) is 4.79 Å². The molecule has 1 saturated heterocycles. The second-order valence-electron chi connectivity index (χ2n) is 4.19. The lowest BCUT2D eigenvalue weighted by atomic mass is 10.1. The topological polar surface area (TPSA) is 53.7 Å². The van der Waals surface area contributed by atoms with Gasteiger partial charge in [0.25, 0.3) is 0 Å². The van der Waals surface area contributed by atoms with Gasteiger partial charge in [-0.1, -0.05) is 0 Å². The SMILES string of the molecule is O=C(O)CC1CCN(Cc2ccc(Br)o2)C1. The van der Waals surface area contributed by atoms with Crippen molar-refractivity contribution in [2.75, 3.05) is 13.1 Å². The first-order valence-corrected chi connectivity index (χ1v) is 6.11. The van der Waals surface area contributed by atoms with Crippen molar-refractivity contribution in [3.05, 3.63) is 22.6 Å². The molecule has 1 aromatic heterocycles. The van der Waals surface area contributed by atoms with Gasteiger partial charge in [0.15, 0.2) is 4.67 Å². The molecule has 2 heterocycles. The Labute approximate surface area is 102 Å². The zero-order valence-corrected chi connectivity index (χ0v) is 10.4. The van der Waals surface area contributed by atoms with Crippen LogP contribution in [0.25, 0.3) is 0 Å². The van der Waals surface area contributed by atoms with Crippen molar-refractivity contribution in [2.45, 2.75) is 19.4 Å². The average molecular weight is 288 g/mol. The molecule has 16 heavy (non-hydrogen) atoms. The number of hydrogen-bond donors (Lipinski definition) is 1. The van der Waals surface area contributed by atoms with Crippen molar-refractivity contribution in [1.29, 1.82) is 0 Å². The smallest absolute Gasteiger partial charge is 0.303 e. The summed E-state index contributed by atoms with van der Waals surface area (Å²) in [5.74, 6) is 0.506. The minimum Gasteiger partial charge on any atom is -0.481 e. The Morgan fingerprint density at radius 3 is 3.06 bits per heavy atom.